The highest BCUT2D eigenvalue weighted by atomic mass is 32.2. The SMILES string of the molecule is CC(C)(C)C1=C2SC=CC=C2Oc2ccccc21. The van der Waals surface area contributed by atoms with Gasteiger partial charge in [-0.15, -0.1) is 0 Å². The van der Waals surface area contributed by atoms with Crippen molar-refractivity contribution in [2.24, 2.45) is 5.41 Å². The van der Waals surface area contributed by atoms with E-state index in [4.69, 9.17) is 4.74 Å². The first kappa shape index (κ1) is 11.7. The summed E-state index contributed by atoms with van der Waals surface area (Å²) >= 11 is 1.75. The van der Waals surface area contributed by atoms with Crippen LogP contribution in [0.3, 0.4) is 0 Å². The maximum Gasteiger partial charge on any atom is 0.141 e. The van der Waals surface area contributed by atoms with E-state index in [1.54, 1.807) is 11.8 Å². The summed E-state index contributed by atoms with van der Waals surface area (Å²) in [6.07, 6.45) is 4.09. The third-order valence-corrected chi connectivity index (χ3v) is 4.02. The van der Waals surface area contributed by atoms with E-state index in [9.17, 15) is 0 Å². The van der Waals surface area contributed by atoms with Gasteiger partial charge in [-0.2, -0.15) is 0 Å². The summed E-state index contributed by atoms with van der Waals surface area (Å²) in [6.45, 7) is 6.77. The first-order chi connectivity index (χ1) is 8.57. The van der Waals surface area contributed by atoms with Crippen LogP contribution in [0.15, 0.2) is 52.5 Å². The van der Waals surface area contributed by atoms with E-state index in [-0.39, 0.29) is 5.41 Å². The molecule has 92 valence electrons. The first-order valence-electron chi connectivity index (χ1n) is 6.13. The average Bonchev–Trinajstić information content (AvgIpc) is 2.34. The number of para-hydroxylation sites is 1. The van der Waals surface area contributed by atoms with Crippen LogP contribution in [-0.4, -0.2) is 0 Å². The second kappa shape index (κ2) is 4.06. The van der Waals surface area contributed by atoms with Gasteiger partial charge in [-0.3, -0.25) is 0 Å². The highest BCUT2D eigenvalue weighted by molar-refractivity contribution is 8.06. The molecular formula is C16H16OS. The molecule has 2 heteroatoms. The van der Waals surface area contributed by atoms with Crippen molar-refractivity contribution in [2.45, 2.75) is 20.8 Å². The van der Waals surface area contributed by atoms with Crippen LogP contribution in [0.1, 0.15) is 26.3 Å². The molecule has 0 saturated carbocycles. The molecule has 3 rings (SSSR count). The quantitative estimate of drug-likeness (QED) is 0.647. The van der Waals surface area contributed by atoms with Gasteiger partial charge >= 0.3 is 0 Å². The van der Waals surface area contributed by atoms with Crippen LogP contribution in [0.2, 0.25) is 0 Å². The molecule has 0 bridgehead atoms. The Morgan fingerprint density at radius 1 is 1.11 bits per heavy atom. The molecule has 0 saturated heterocycles. The Hall–Kier alpha value is -1.41. The normalized spacial score (nSPS) is 17.8. The predicted molar refractivity (Wildman–Crippen MR) is 78.3 cm³/mol. The summed E-state index contributed by atoms with van der Waals surface area (Å²) < 4.78 is 5.99. The largest absolute Gasteiger partial charge is 0.456 e. The Morgan fingerprint density at radius 2 is 1.89 bits per heavy atom. The predicted octanol–water partition coefficient (Wildman–Crippen LogP) is 4.98. The summed E-state index contributed by atoms with van der Waals surface area (Å²) in [5, 5.41) is 2.11. The summed E-state index contributed by atoms with van der Waals surface area (Å²) in [4.78, 5) is 1.25. The molecule has 0 aromatic heterocycles. The van der Waals surface area contributed by atoms with Crippen molar-refractivity contribution >= 4 is 17.3 Å². The maximum atomic E-state index is 5.99. The summed E-state index contributed by atoms with van der Waals surface area (Å²) in [6, 6.07) is 8.29. The fraction of sp³-hybridized carbons (Fsp3) is 0.250. The lowest BCUT2D eigenvalue weighted by Gasteiger charge is -2.33. The van der Waals surface area contributed by atoms with Crippen molar-refractivity contribution < 1.29 is 4.74 Å². The van der Waals surface area contributed by atoms with E-state index in [1.807, 2.05) is 24.3 Å². The van der Waals surface area contributed by atoms with Gasteiger partial charge in [-0.1, -0.05) is 56.8 Å². The fourth-order valence-corrected chi connectivity index (χ4v) is 3.43. The number of ether oxygens (including phenoxy) is 1. The minimum absolute atomic E-state index is 0.104. The summed E-state index contributed by atoms with van der Waals surface area (Å²) in [5.74, 6) is 1.94. The van der Waals surface area contributed by atoms with Gasteiger partial charge in [0.2, 0.25) is 0 Å². The number of hydrogen-bond acceptors (Lipinski definition) is 2. The van der Waals surface area contributed by atoms with Gasteiger partial charge in [0.15, 0.2) is 0 Å². The van der Waals surface area contributed by atoms with Crippen molar-refractivity contribution in [2.75, 3.05) is 0 Å². The van der Waals surface area contributed by atoms with Gasteiger partial charge in [0, 0.05) is 5.56 Å². The Balaban J connectivity index is 2.29. The van der Waals surface area contributed by atoms with E-state index < -0.39 is 0 Å². The first-order valence-corrected chi connectivity index (χ1v) is 7.01. The van der Waals surface area contributed by atoms with Crippen molar-refractivity contribution in [3.63, 3.8) is 0 Å². The number of thioether (sulfide) groups is 1. The van der Waals surface area contributed by atoms with Gasteiger partial charge in [0.25, 0.3) is 0 Å². The van der Waals surface area contributed by atoms with E-state index in [0.29, 0.717) is 0 Å². The zero-order valence-electron chi connectivity index (χ0n) is 10.9. The van der Waals surface area contributed by atoms with Crippen molar-refractivity contribution in [3.05, 3.63) is 58.1 Å². The lowest BCUT2D eigenvalue weighted by molar-refractivity contribution is 0.427. The van der Waals surface area contributed by atoms with Crippen LogP contribution < -0.4 is 4.74 Å². The molecule has 2 heterocycles. The zero-order chi connectivity index (χ0) is 12.8. The minimum atomic E-state index is 0.104. The Bertz CT molecular complexity index is 585. The molecule has 2 aliphatic rings. The van der Waals surface area contributed by atoms with Gasteiger partial charge in [-0.05, 0) is 28.5 Å². The number of rotatable bonds is 0. The number of fused-ring (bicyclic) bond motifs is 2. The number of benzene rings is 1. The monoisotopic (exact) mass is 256 g/mol. The van der Waals surface area contributed by atoms with Gasteiger partial charge < -0.3 is 4.74 Å². The lowest BCUT2D eigenvalue weighted by Crippen LogP contribution is -2.17. The van der Waals surface area contributed by atoms with E-state index in [2.05, 4.69) is 38.3 Å². The smallest absolute Gasteiger partial charge is 0.141 e. The molecule has 0 N–H and O–H groups in total. The second-order valence-corrected chi connectivity index (χ2v) is 6.45. The molecule has 0 spiro atoms. The molecule has 1 nitrogen and oxygen atoms in total. The molecule has 0 radical (unpaired) electrons. The molecule has 1 aromatic carbocycles. The van der Waals surface area contributed by atoms with Crippen LogP contribution in [0, 0.1) is 5.41 Å². The average molecular weight is 256 g/mol. The molecule has 1 aromatic rings. The maximum absolute atomic E-state index is 5.99. The van der Waals surface area contributed by atoms with Crippen LogP contribution in [-0.2, 0) is 0 Å². The molecule has 0 unspecified atom stereocenters. The molecule has 0 atom stereocenters. The van der Waals surface area contributed by atoms with Crippen molar-refractivity contribution in [1.29, 1.82) is 0 Å². The van der Waals surface area contributed by atoms with Crippen molar-refractivity contribution in [3.8, 4) is 5.75 Å². The molecule has 0 aliphatic carbocycles. The van der Waals surface area contributed by atoms with E-state index >= 15 is 0 Å². The van der Waals surface area contributed by atoms with Crippen LogP contribution in [0.25, 0.3) is 5.57 Å². The van der Waals surface area contributed by atoms with Gasteiger partial charge in [0.1, 0.15) is 11.5 Å². The molecule has 18 heavy (non-hydrogen) atoms. The summed E-state index contributed by atoms with van der Waals surface area (Å²) in [5.41, 5.74) is 2.71. The van der Waals surface area contributed by atoms with Gasteiger partial charge in [0.05, 0.1) is 4.91 Å². The van der Waals surface area contributed by atoms with E-state index in [0.717, 1.165) is 11.5 Å². The number of allylic oxidation sites excluding steroid dienone is 3. The molecular weight excluding hydrogens is 240 g/mol. The van der Waals surface area contributed by atoms with E-state index in [1.165, 1.54) is 16.0 Å². The lowest BCUT2D eigenvalue weighted by atomic mass is 9.80. The standard InChI is InChI=1S/C16H16OS/c1-16(2,3)14-11-7-4-5-8-12(11)17-13-9-6-10-18-15(13)14/h4-10H,1-3H3. The molecule has 0 amide bonds. The Morgan fingerprint density at radius 3 is 2.67 bits per heavy atom. The molecule has 2 aliphatic heterocycles. The van der Waals surface area contributed by atoms with Crippen molar-refractivity contribution in [1.82, 2.24) is 0 Å². The molecule has 0 fully saturated rings. The highest BCUT2D eigenvalue weighted by Crippen LogP contribution is 2.50. The summed E-state index contributed by atoms with van der Waals surface area (Å²) in [7, 11) is 0. The van der Waals surface area contributed by atoms with Crippen LogP contribution >= 0.6 is 11.8 Å². The third kappa shape index (κ3) is 1.81. The second-order valence-electron chi connectivity index (χ2n) is 5.53. The minimum Gasteiger partial charge on any atom is -0.456 e. The highest BCUT2D eigenvalue weighted by Gasteiger charge is 2.31. The fourth-order valence-electron chi connectivity index (χ4n) is 2.38. The third-order valence-electron chi connectivity index (χ3n) is 3.09. The Kier molecular flexibility index (Phi) is 2.63. The van der Waals surface area contributed by atoms with Crippen LogP contribution in [0.5, 0.6) is 5.75 Å². The topological polar surface area (TPSA) is 9.23 Å². The number of hydrogen-bond donors (Lipinski definition) is 0. The Labute approximate surface area is 112 Å². The van der Waals surface area contributed by atoms with Crippen LogP contribution in [0.4, 0.5) is 0 Å². The van der Waals surface area contributed by atoms with Gasteiger partial charge in [-0.25, -0.2) is 0 Å². The zero-order valence-corrected chi connectivity index (χ0v) is 11.7.